The van der Waals surface area contributed by atoms with Gasteiger partial charge in [0.05, 0.1) is 24.3 Å². The summed E-state index contributed by atoms with van der Waals surface area (Å²) in [5, 5.41) is 19.9. The van der Waals surface area contributed by atoms with Gasteiger partial charge in [-0.05, 0) is 84.3 Å². The first-order valence-electron chi connectivity index (χ1n) is 15.1. The number of aliphatic hydroxyl groups excluding tert-OH is 2. The molecule has 2 N–H and O–H groups in total. The van der Waals surface area contributed by atoms with Gasteiger partial charge in [-0.2, -0.15) is 0 Å². The Kier molecular flexibility index (Phi) is 10.9. The molecule has 4 aromatic rings. The zero-order valence-corrected chi connectivity index (χ0v) is 26.2. The van der Waals surface area contributed by atoms with Gasteiger partial charge in [-0.25, -0.2) is 8.78 Å². The number of halogens is 3. The van der Waals surface area contributed by atoms with Gasteiger partial charge in [0.2, 0.25) is 0 Å². The van der Waals surface area contributed by atoms with Crippen LogP contribution < -0.4 is 14.2 Å². The van der Waals surface area contributed by atoms with E-state index in [0.29, 0.717) is 34.3 Å². The molecular formula is C36H38ClF2NO5. The summed E-state index contributed by atoms with van der Waals surface area (Å²) in [5.74, 6) is 0.113. The van der Waals surface area contributed by atoms with Crippen LogP contribution in [-0.4, -0.2) is 47.5 Å². The minimum atomic E-state index is -0.696. The molecule has 0 spiro atoms. The van der Waals surface area contributed by atoms with E-state index in [0.717, 1.165) is 72.1 Å². The molecule has 5 rings (SSSR count). The summed E-state index contributed by atoms with van der Waals surface area (Å²) < 4.78 is 45.4. The zero-order chi connectivity index (χ0) is 31.9. The van der Waals surface area contributed by atoms with Crippen molar-refractivity contribution in [3.8, 4) is 28.4 Å². The molecule has 6 nitrogen and oxygen atoms in total. The quantitative estimate of drug-likeness (QED) is 0.149. The van der Waals surface area contributed by atoms with E-state index in [9.17, 15) is 19.0 Å². The van der Waals surface area contributed by atoms with E-state index in [1.807, 2.05) is 24.3 Å². The fourth-order valence-corrected chi connectivity index (χ4v) is 5.88. The Balaban J connectivity index is 1.26. The molecule has 1 fully saturated rings. The highest BCUT2D eigenvalue weighted by Crippen LogP contribution is 2.36. The molecule has 1 heterocycles. The molecule has 0 unspecified atom stereocenters. The SMILES string of the molecule is Cc1c(COc2cc(OCc3cc(F)cc(F)c3)c(CO)cc2Cl)cccc1-c1cccc(OCCCN2CC[C@@H](O)C2)c1C. The highest BCUT2D eigenvalue weighted by Gasteiger charge is 2.19. The van der Waals surface area contributed by atoms with E-state index in [-0.39, 0.29) is 25.9 Å². The average molecular weight is 638 g/mol. The minimum Gasteiger partial charge on any atom is -0.493 e. The van der Waals surface area contributed by atoms with Gasteiger partial charge >= 0.3 is 0 Å². The number of aliphatic hydroxyl groups is 2. The Morgan fingerprint density at radius 2 is 1.53 bits per heavy atom. The Morgan fingerprint density at radius 3 is 2.24 bits per heavy atom. The van der Waals surface area contributed by atoms with Gasteiger partial charge in [0.15, 0.2) is 0 Å². The Hall–Kier alpha value is -3.69. The summed E-state index contributed by atoms with van der Waals surface area (Å²) in [6, 6.07) is 18.5. The Bertz CT molecular complexity index is 1610. The second-order valence-electron chi connectivity index (χ2n) is 11.4. The highest BCUT2D eigenvalue weighted by molar-refractivity contribution is 6.32. The van der Waals surface area contributed by atoms with Crippen molar-refractivity contribution >= 4 is 11.6 Å². The van der Waals surface area contributed by atoms with Gasteiger partial charge in [0, 0.05) is 37.3 Å². The summed E-state index contributed by atoms with van der Waals surface area (Å²) in [5.41, 5.74) is 5.95. The lowest BCUT2D eigenvalue weighted by molar-refractivity contribution is 0.173. The van der Waals surface area contributed by atoms with Crippen LogP contribution in [0.2, 0.25) is 5.02 Å². The van der Waals surface area contributed by atoms with Gasteiger partial charge in [-0.3, -0.25) is 0 Å². The van der Waals surface area contributed by atoms with Gasteiger partial charge in [0.25, 0.3) is 0 Å². The molecular weight excluding hydrogens is 600 g/mol. The van der Waals surface area contributed by atoms with E-state index in [1.54, 1.807) is 12.1 Å². The first-order valence-corrected chi connectivity index (χ1v) is 15.4. The third-order valence-corrected chi connectivity index (χ3v) is 8.42. The monoisotopic (exact) mass is 637 g/mol. The lowest BCUT2D eigenvalue weighted by Gasteiger charge is -2.18. The fraction of sp³-hybridized carbons (Fsp3) is 0.333. The van der Waals surface area contributed by atoms with Crippen LogP contribution >= 0.6 is 11.6 Å². The van der Waals surface area contributed by atoms with Gasteiger partial charge in [-0.15, -0.1) is 0 Å². The lowest BCUT2D eigenvalue weighted by atomic mass is 9.93. The second kappa shape index (κ2) is 15.1. The van der Waals surface area contributed by atoms with Crippen molar-refractivity contribution in [2.45, 2.75) is 52.6 Å². The maximum Gasteiger partial charge on any atom is 0.142 e. The standard InChI is InChI=1S/C36H38ClF2NO5/c1-23-26(22-45-36-18-35(27(20-41)16-33(36)37)44-21-25-14-28(38)17-29(39)15-25)6-3-7-31(23)32-8-4-9-34(24(32)2)43-13-5-11-40-12-10-30(42)19-40/h3-4,6-9,14-18,30,41-42H,5,10-13,19-22H2,1-2H3/t30-/m1/s1. The Morgan fingerprint density at radius 1 is 0.822 bits per heavy atom. The topological polar surface area (TPSA) is 71.4 Å². The van der Waals surface area contributed by atoms with Gasteiger partial charge in [0.1, 0.15) is 42.1 Å². The van der Waals surface area contributed by atoms with E-state index in [2.05, 4.69) is 30.9 Å². The smallest absolute Gasteiger partial charge is 0.142 e. The molecule has 0 aliphatic carbocycles. The van der Waals surface area contributed by atoms with Crippen molar-refractivity contribution in [2.24, 2.45) is 0 Å². The summed E-state index contributed by atoms with van der Waals surface area (Å²) >= 11 is 6.49. The minimum absolute atomic E-state index is 0.103. The van der Waals surface area contributed by atoms with E-state index >= 15 is 0 Å². The lowest BCUT2D eigenvalue weighted by Crippen LogP contribution is -2.24. The molecule has 4 aromatic carbocycles. The van der Waals surface area contributed by atoms with Crippen molar-refractivity contribution in [3.63, 3.8) is 0 Å². The van der Waals surface area contributed by atoms with E-state index in [1.165, 1.54) is 12.1 Å². The van der Waals surface area contributed by atoms with Crippen LogP contribution in [-0.2, 0) is 19.8 Å². The van der Waals surface area contributed by atoms with Crippen LogP contribution in [0, 0.1) is 25.5 Å². The van der Waals surface area contributed by atoms with Crippen molar-refractivity contribution < 1.29 is 33.2 Å². The summed E-state index contributed by atoms with van der Waals surface area (Å²) in [4.78, 5) is 2.27. The zero-order valence-electron chi connectivity index (χ0n) is 25.5. The first-order chi connectivity index (χ1) is 21.7. The molecule has 9 heteroatoms. The average Bonchev–Trinajstić information content (AvgIpc) is 3.43. The summed E-state index contributed by atoms with van der Waals surface area (Å²) in [6.07, 6.45) is 1.52. The van der Waals surface area contributed by atoms with Gasteiger partial charge in [-0.1, -0.05) is 41.9 Å². The molecule has 238 valence electrons. The summed E-state index contributed by atoms with van der Waals surface area (Å²) in [6.45, 7) is 7.08. The highest BCUT2D eigenvalue weighted by atomic mass is 35.5. The maximum absolute atomic E-state index is 13.6. The van der Waals surface area contributed by atoms with Crippen LogP contribution in [0.15, 0.2) is 66.7 Å². The molecule has 1 aliphatic rings. The Labute approximate surface area is 267 Å². The summed E-state index contributed by atoms with van der Waals surface area (Å²) in [7, 11) is 0. The molecule has 0 radical (unpaired) electrons. The molecule has 0 bridgehead atoms. The van der Waals surface area contributed by atoms with Crippen LogP contribution in [0.5, 0.6) is 17.2 Å². The molecule has 1 saturated heterocycles. The van der Waals surface area contributed by atoms with Crippen molar-refractivity contribution in [3.05, 3.63) is 111 Å². The second-order valence-corrected chi connectivity index (χ2v) is 11.8. The van der Waals surface area contributed by atoms with Crippen LogP contribution in [0.4, 0.5) is 8.78 Å². The number of benzene rings is 4. The number of likely N-dealkylation sites (tertiary alicyclic amines) is 1. The van der Waals surface area contributed by atoms with Crippen molar-refractivity contribution in [2.75, 3.05) is 26.2 Å². The van der Waals surface area contributed by atoms with E-state index < -0.39 is 11.6 Å². The first kappa shape index (κ1) is 32.7. The number of hydrogen-bond donors (Lipinski definition) is 2. The number of ether oxygens (including phenoxy) is 3. The van der Waals surface area contributed by atoms with Crippen LogP contribution in [0.3, 0.4) is 0 Å². The normalized spacial score (nSPS) is 15.0. The molecule has 45 heavy (non-hydrogen) atoms. The predicted octanol–water partition coefficient (Wildman–Crippen LogP) is 7.39. The van der Waals surface area contributed by atoms with E-state index in [4.69, 9.17) is 25.8 Å². The largest absolute Gasteiger partial charge is 0.493 e. The fourth-order valence-electron chi connectivity index (χ4n) is 5.64. The number of β-amino-alcohol motifs (C(OH)–C–C–N with tert-alkyl or cyclic N) is 1. The van der Waals surface area contributed by atoms with Crippen LogP contribution in [0.1, 0.15) is 40.7 Å². The maximum atomic E-state index is 13.6. The molecule has 1 atom stereocenters. The number of nitrogens with zero attached hydrogens (tertiary/aromatic N) is 1. The molecule has 0 saturated carbocycles. The van der Waals surface area contributed by atoms with Crippen molar-refractivity contribution in [1.29, 1.82) is 0 Å². The van der Waals surface area contributed by atoms with Crippen molar-refractivity contribution in [1.82, 2.24) is 4.90 Å². The third-order valence-electron chi connectivity index (χ3n) is 8.13. The predicted molar refractivity (Wildman–Crippen MR) is 171 cm³/mol. The van der Waals surface area contributed by atoms with Crippen LogP contribution in [0.25, 0.3) is 11.1 Å². The van der Waals surface area contributed by atoms with Gasteiger partial charge < -0.3 is 29.3 Å². The third kappa shape index (κ3) is 8.32. The number of rotatable bonds is 13. The molecule has 0 aromatic heterocycles. The molecule has 1 aliphatic heterocycles. The molecule has 0 amide bonds. The number of hydrogen-bond acceptors (Lipinski definition) is 6.